The molecular formula is C24H32FNO3. The average molecular weight is 402 g/mol. The van der Waals surface area contributed by atoms with Gasteiger partial charge in [0.2, 0.25) is 0 Å². The normalized spacial score (nSPS) is 19.0. The van der Waals surface area contributed by atoms with E-state index >= 15 is 4.39 Å². The molecular weight excluding hydrogens is 369 g/mol. The smallest absolute Gasteiger partial charge is 0.171 e. The van der Waals surface area contributed by atoms with Gasteiger partial charge in [0, 0.05) is 31.7 Å². The van der Waals surface area contributed by atoms with E-state index < -0.39 is 11.4 Å². The lowest BCUT2D eigenvalue weighted by Crippen LogP contribution is -2.44. The molecule has 1 aliphatic heterocycles. The second-order valence-electron chi connectivity index (χ2n) is 7.90. The highest BCUT2D eigenvalue weighted by atomic mass is 19.1. The van der Waals surface area contributed by atoms with Gasteiger partial charge in [0.05, 0.1) is 5.60 Å². The van der Waals surface area contributed by atoms with E-state index in [-0.39, 0.29) is 11.7 Å². The molecule has 2 aromatic rings. The summed E-state index contributed by atoms with van der Waals surface area (Å²) in [5.41, 5.74) is 0.0226. The average Bonchev–Trinajstić information content (AvgIpc) is 2.75. The van der Waals surface area contributed by atoms with E-state index in [9.17, 15) is 5.11 Å². The summed E-state index contributed by atoms with van der Waals surface area (Å²) in [5.74, 6) is 0.250. The third-order valence-corrected chi connectivity index (χ3v) is 5.87. The van der Waals surface area contributed by atoms with Crippen molar-refractivity contribution in [1.29, 1.82) is 0 Å². The van der Waals surface area contributed by atoms with Crippen molar-refractivity contribution in [2.75, 3.05) is 26.8 Å². The van der Waals surface area contributed by atoms with Crippen LogP contribution >= 0.6 is 0 Å². The van der Waals surface area contributed by atoms with E-state index in [0.717, 1.165) is 37.8 Å². The van der Waals surface area contributed by atoms with Crippen LogP contribution in [0.3, 0.4) is 0 Å². The van der Waals surface area contributed by atoms with Crippen LogP contribution in [-0.2, 0) is 10.3 Å². The number of aliphatic hydroxyl groups is 1. The largest absolute Gasteiger partial charge is 0.454 e. The Morgan fingerprint density at radius 2 is 1.93 bits per heavy atom. The summed E-state index contributed by atoms with van der Waals surface area (Å²) < 4.78 is 26.6. The number of benzene rings is 2. The Labute approximate surface area is 173 Å². The molecule has 2 atom stereocenters. The molecule has 1 aliphatic rings. The van der Waals surface area contributed by atoms with Crippen molar-refractivity contribution in [2.24, 2.45) is 5.92 Å². The zero-order valence-corrected chi connectivity index (χ0v) is 17.4. The fourth-order valence-corrected chi connectivity index (χ4v) is 4.17. The minimum atomic E-state index is -1.24. The maximum Gasteiger partial charge on any atom is 0.171 e. The van der Waals surface area contributed by atoms with Crippen molar-refractivity contribution in [3.05, 3.63) is 59.4 Å². The third-order valence-electron chi connectivity index (χ3n) is 5.87. The van der Waals surface area contributed by atoms with Crippen LogP contribution in [0, 0.1) is 18.7 Å². The molecule has 158 valence electrons. The van der Waals surface area contributed by atoms with E-state index in [1.807, 2.05) is 31.2 Å². The number of aryl methyl sites for hydroxylation is 1. The monoisotopic (exact) mass is 401 g/mol. The Bertz CT molecular complexity index is 791. The number of halogens is 1. The van der Waals surface area contributed by atoms with Crippen LogP contribution < -0.4 is 10.1 Å². The zero-order chi connectivity index (χ0) is 20.7. The van der Waals surface area contributed by atoms with Crippen molar-refractivity contribution in [2.45, 2.75) is 44.6 Å². The van der Waals surface area contributed by atoms with E-state index in [0.29, 0.717) is 30.9 Å². The summed E-state index contributed by atoms with van der Waals surface area (Å²) in [4.78, 5) is 0. The minimum absolute atomic E-state index is 0.0398. The molecule has 0 aromatic heterocycles. The number of nitrogens with one attached hydrogen (secondary N) is 1. The summed E-state index contributed by atoms with van der Waals surface area (Å²) in [6, 6.07) is 12.6. The van der Waals surface area contributed by atoms with E-state index in [4.69, 9.17) is 9.47 Å². The Hall–Kier alpha value is -1.95. The SMILES string of the molecule is COCCCC[C@@](O)(c1cccc(Oc2ccccc2C)c1F)C1CCCNC1. The Balaban J connectivity index is 1.91. The summed E-state index contributed by atoms with van der Waals surface area (Å²) >= 11 is 0. The van der Waals surface area contributed by atoms with Crippen LogP contribution in [0.2, 0.25) is 0 Å². The summed E-state index contributed by atoms with van der Waals surface area (Å²) in [7, 11) is 1.67. The number of rotatable bonds is 9. The number of methoxy groups -OCH3 is 1. The quantitative estimate of drug-likeness (QED) is 0.585. The molecule has 2 N–H and O–H groups in total. The van der Waals surface area contributed by atoms with Crippen LogP contribution in [0.5, 0.6) is 11.5 Å². The second-order valence-corrected chi connectivity index (χ2v) is 7.90. The first-order chi connectivity index (χ1) is 14.1. The molecule has 29 heavy (non-hydrogen) atoms. The molecule has 0 saturated carbocycles. The molecule has 1 saturated heterocycles. The molecule has 5 heteroatoms. The number of hydrogen-bond donors (Lipinski definition) is 2. The molecule has 3 rings (SSSR count). The van der Waals surface area contributed by atoms with Crippen molar-refractivity contribution < 1.29 is 19.0 Å². The van der Waals surface area contributed by atoms with Gasteiger partial charge < -0.3 is 19.9 Å². The van der Waals surface area contributed by atoms with Crippen LogP contribution in [-0.4, -0.2) is 31.9 Å². The Morgan fingerprint density at radius 3 is 2.66 bits per heavy atom. The number of piperidine rings is 1. The molecule has 0 bridgehead atoms. The van der Waals surface area contributed by atoms with Crippen molar-refractivity contribution in [3.8, 4) is 11.5 Å². The molecule has 4 nitrogen and oxygen atoms in total. The van der Waals surface area contributed by atoms with Gasteiger partial charge in [-0.3, -0.25) is 0 Å². The van der Waals surface area contributed by atoms with Crippen molar-refractivity contribution in [3.63, 3.8) is 0 Å². The Kier molecular flexibility index (Phi) is 7.64. The maximum atomic E-state index is 15.6. The zero-order valence-electron chi connectivity index (χ0n) is 17.4. The van der Waals surface area contributed by atoms with Crippen molar-refractivity contribution >= 4 is 0 Å². The first-order valence-electron chi connectivity index (χ1n) is 10.5. The standard InChI is InChI=1S/C24H32FNO3/c1-18-9-3-4-12-21(18)29-22-13-7-11-20(23(22)25)24(27,14-5-6-16-28-2)19-10-8-15-26-17-19/h3-4,7,9,11-13,19,26-27H,5-6,8,10,14-17H2,1-2H3/t19?,24-/m0/s1. The van der Waals surface area contributed by atoms with Crippen LogP contribution in [0.4, 0.5) is 4.39 Å². The highest BCUT2D eigenvalue weighted by molar-refractivity contribution is 5.41. The highest BCUT2D eigenvalue weighted by Crippen LogP contribution is 2.42. The number of para-hydroxylation sites is 1. The van der Waals surface area contributed by atoms with E-state index in [1.54, 1.807) is 25.3 Å². The molecule has 0 aliphatic carbocycles. The molecule has 2 aromatic carbocycles. The molecule has 0 amide bonds. The predicted octanol–water partition coefficient (Wildman–Crippen LogP) is 4.93. The lowest BCUT2D eigenvalue weighted by Gasteiger charge is -2.39. The van der Waals surface area contributed by atoms with Gasteiger partial charge in [-0.05, 0) is 63.3 Å². The first kappa shape index (κ1) is 21.8. The van der Waals surface area contributed by atoms with Gasteiger partial charge in [0.1, 0.15) is 5.75 Å². The molecule has 1 fully saturated rings. The van der Waals surface area contributed by atoms with Gasteiger partial charge in [-0.2, -0.15) is 0 Å². The maximum absolute atomic E-state index is 15.6. The van der Waals surface area contributed by atoms with Gasteiger partial charge in [-0.25, -0.2) is 4.39 Å². The van der Waals surface area contributed by atoms with Crippen LogP contribution in [0.25, 0.3) is 0 Å². The summed E-state index contributed by atoms with van der Waals surface area (Å²) in [6.45, 7) is 4.19. The van der Waals surface area contributed by atoms with Gasteiger partial charge in [0.25, 0.3) is 0 Å². The van der Waals surface area contributed by atoms with Gasteiger partial charge >= 0.3 is 0 Å². The molecule has 1 unspecified atom stereocenters. The van der Waals surface area contributed by atoms with Crippen LogP contribution in [0.1, 0.15) is 43.2 Å². The first-order valence-corrected chi connectivity index (χ1v) is 10.5. The molecule has 1 heterocycles. The lowest BCUT2D eigenvalue weighted by atomic mass is 9.74. The topological polar surface area (TPSA) is 50.7 Å². The van der Waals surface area contributed by atoms with Gasteiger partial charge in [-0.1, -0.05) is 30.3 Å². The van der Waals surface area contributed by atoms with Gasteiger partial charge in [-0.15, -0.1) is 0 Å². The van der Waals surface area contributed by atoms with E-state index in [2.05, 4.69) is 5.32 Å². The summed E-state index contributed by atoms with van der Waals surface area (Å²) in [6.07, 6.45) is 3.94. The second kappa shape index (κ2) is 10.2. The van der Waals surface area contributed by atoms with E-state index in [1.165, 1.54) is 0 Å². The number of unbranched alkanes of at least 4 members (excludes halogenated alkanes) is 1. The fourth-order valence-electron chi connectivity index (χ4n) is 4.17. The van der Waals surface area contributed by atoms with Crippen molar-refractivity contribution in [1.82, 2.24) is 5.32 Å². The number of ether oxygens (including phenoxy) is 2. The van der Waals surface area contributed by atoms with Gasteiger partial charge in [0.15, 0.2) is 11.6 Å². The molecule has 0 radical (unpaired) electrons. The predicted molar refractivity (Wildman–Crippen MR) is 113 cm³/mol. The Morgan fingerprint density at radius 1 is 1.14 bits per heavy atom. The minimum Gasteiger partial charge on any atom is -0.454 e. The molecule has 0 spiro atoms. The highest BCUT2D eigenvalue weighted by Gasteiger charge is 2.41. The lowest BCUT2D eigenvalue weighted by molar-refractivity contribution is -0.0462. The fraction of sp³-hybridized carbons (Fsp3) is 0.500. The number of hydrogen-bond acceptors (Lipinski definition) is 4. The summed E-state index contributed by atoms with van der Waals surface area (Å²) in [5, 5.41) is 15.1. The third kappa shape index (κ3) is 5.16. The van der Waals surface area contributed by atoms with Crippen LogP contribution in [0.15, 0.2) is 42.5 Å².